The lowest BCUT2D eigenvalue weighted by atomic mass is 9.96. The van der Waals surface area contributed by atoms with E-state index in [1.807, 2.05) is 42.5 Å². The fourth-order valence-corrected chi connectivity index (χ4v) is 2.85. The minimum atomic E-state index is -0.901. The maximum Gasteiger partial charge on any atom is 0.374 e. The first-order valence-electron chi connectivity index (χ1n) is 8.24. The van der Waals surface area contributed by atoms with Crippen LogP contribution in [0, 0.1) is 11.3 Å². The Morgan fingerprint density at radius 1 is 1.04 bits per heavy atom. The molecule has 0 saturated heterocycles. The molecule has 0 aliphatic rings. The highest BCUT2D eigenvalue weighted by Gasteiger charge is 2.17. The van der Waals surface area contributed by atoms with E-state index in [0.29, 0.717) is 5.56 Å². The number of hydrogen-bond donors (Lipinski definition) is 1. The van der Waals surface area contributed by atoms with E-state index in [1.165, 1.54) is 0 Å². The van der Waals surface area contributed by atoms with Gasteiger partial charge in [-0.2, -0.15) is 5.26 Å². The van der Waals surface area contributed by atoms with Crippen molar-refractivity contribution in [3.05, 3.63) is 78.1 Å². The van der Waals surface area contributed by atoms with Crippen molar-refractivity contribution in [3.63, 3.8) is 0 Å². The van der Waals surface area contributed by atoms with E-state index in [1.54, 1.807) is 19.1 Å². The maximum absolute atomic E-state index is 11.7. The molecule has 0 aromatic heterocycles. The van der Waals surface area contributed by atoms with Crippen LogP contribution < -0.4 is 0 Å². The van der Waals surface area contributed by atoms with Gasteiger partial charge in [-0.05, 0) is 34.4 Å². The maximum atomic E-state index is 11.7. The van der Waals surface area contributed by atoms with Crippen LogP contribution in [0.15, 0.2) is 72.5 Å². The van der Waals surface area contributed by atoms with Gasteiger partial charge in [-0.1, -0.05) is 66.7 Å². The zero-order valence-corrected chi connectivity index (χ0v) is 14.3. The summed E-state index contributed by atoms with van der Waals surface area (Å²) in [6.07, 6.45) is 0. The lowest BCUT2D eigenvalue weighted by molar-refractivity contribution is -0.141. The second kappa shape index (κ2) is 7.54. The third-order valence-corrected chi connectivity index (χ3v) is 4.09. The van der Waals surface area contributed by atoms with Crippen molar-refractivity contribution < 1.29 is 14.6 Å². The molecule has 3 aromatic carbocycles. The Balaban J connectivity index is 2.02. The van der Waals surface area contributed by atoms with Crippen molar-refractivity contribution in [2.45, 2.75) is 6.92 Å². The highest BCUT2D eigenvalue weighted by atomic mass is 16.5. The topological polar surface area (TPSA) is 70.3 Å². The van der Waals surface area contributed by atoms with Gasteiger partial charge >= 0.3 is 5.97 Å². The Labute approximate surface area is 151 Å². The van der Waals surface area contributed by atoms with Crippen LogP contribution in [-0.4, -0.2) is 17.7 Å². The molecule has 128 valence electrons. The molecule has 0 radical (unpaired) electrons. The SMILES string of the molecule is CCOC(=O)/C(O)=C(\C#N)c1ccc(-c2cccc3ccccc23)cc1. The van der Waals surface area contributed by atoms with Crippen LogP contribution in [0.4, 0.5) is 0 Å². The molecule has 4 heteroatoms. The Bertz CT molecular complexity index is 1020. The van der Waals surface area contributed by atoms with Crippen LogP contribution >= 0.6 is 0 Å². The van der Waals surface area contributed by atoms with Crippen molar-refractivity contribution in [2.24, 2.45) is 0 Å². The molecule has 0 amide bonds. The third-order valence-electron chi connectivity index (χ3n) is 4.09. The monoisotopic (exact) mass is 343 g/mol. The number of aliphatic hydroxyl groups is 1. The van der Waals surface area contributed by atoms with Crippen molar-refractivity contribution in [1.82, 2.24) is 0 Å². The highest BCUT2D eigenvalue weighted by Crippen LogP contribution is 2.30. The van der Waals surface area contributed by atoms with Crippen LogP contribution in [0.3, 0.4) is 0 Å². The van der Waals surface area contributed by atoms with Gasteiger partial charge in [0.25, 0.3) is 0 Å². The second-order valence-electron chi connectivity index (χ2n) is 5.66. The first-order valence-corrected chi connectivity index (χ1v) is 8.24. The summed E-state index contributed by atoms with van der Waals surface area (Å²) in [5.41, 5.74) is 2.42. The molecule has 0 heterocycles. The molecule has 0 saturated carbocycles. The number of ether oxygens (including phenoxy) is 1. The van der Waals surface area contributed by atoms with E-state index in [2.05, 4.69) is 18.2 Å². The number of nitriles is 1. The largest absolute Gasteiger partial charge is 0.501 e. The van der Waals surface area contributed by atoms with Gasteiger partial charge in [0.15, 0.2) is 0 Å². The van der Waals surface area contributed by atoms with E-state index < -0.39 is 11.7 Å². The molecule has 1 N–H and O–H groups in total. The van der Waals surface area contributed by atoms with E-state index in [9.17, 15) is 15.2 Å². The smallest absolute Gasteiger partial charge is 0.374 e. The number of carbonyl (C=O) groups excluding carboxylic acids is 1. The number of esters is 1. The number of rotatable bonds is 4. The highest BCUT2D eigenvalue weighted by molar-refractivity contribution is 6.00. The van der Waals surface area contributed by atoms with Crippen LogP contribution in [0.25, 0.3) is 27.5 Å². The van der Waals surface area contributed by atoms with E-state index in [4.69, 9.17) is 4.74 Å². The van der Waals surface area contributed by atoms with Crippen molar-refractivity contribution in [3.8, 4) is 17.2 Å². The van der Waals surface area contributed by atoms with Gasteiger partial charge in [-0.25, -0.2) is 4.79 Å². The standard InChI is InChI=1S/C22H17NO3/c1-2-26-22(25)21(24)20(14-23)17-12-10-16(11-13-17)19-9-5-7-15-6-3-4-8-18(15)19/h3-13,24H,2H2,1H3/b21-20-. The van der Waals surface area contributed by atoms with Gasteiger partial charge in [-0.15, -0.1) is 0 Å². The Morgan fingerprint density at radius 2 is 1.73 bits per heavy atom. The summed E-state index contributed by atoms with van der Waals surface area (Å²) in [5, 5.41) is 21.6. The lowest BCUT2D eigenvalue weighted by Crippen LogP contribution is -2.09. The summed E-state index contributed by atoms with van der Waals surface area (Å²) >= 11 is 0. The zero-order chi connectivity index (χ0) is 18.5. The summed E-state index contributed by atoms with van der Waals surface area (Å²) in [6, 6.07) is 23.2. The molecule has 0 fully saturated rings. The van der Waals surface area contributed by atoms with Gasteiger partial charge in [0, 0.05) is 0 Å². The molecule has 3 rings (SSSR count). The van der Waals surface area contributed by atoms with Crippen molar-refractivity contribution in [1.29, 1.82) is 5.26 Å². The number of nitrogens with zero attached hydrogens (tertiary/aromatic N) is 1. The quantitative estimate of drug-likeness (QED) is 0.318. The Morgan fingerprint density at radius 3 is 2.42 bits per heavy atom. The average molecular weight is 343 g/mol. The molecule has 0 bridgehead atoms. The van der Waals surface area contributed by atoms with Gasteiger partial charge in [0.05, 0.1) is 6.61 Å². The minimum absolute atomic E-state index is 0.104. The number of allylic oxidation sites excluding steroid dienone is 1. The summed E-state index contributed by atoms with van der Waals surface area (Å²) in [6.45, 7) is 1.76. The van der Waals surface area contributed by atoms with Gasteiger partial charge in [-0.3, -0.25) is 0 Å². The van der Waals surface area contributed by atoms with Crippen molar-refractivity contribution in [2.75, 3.05) is 6.61 Å². The first kappa shape index (κ1) is 17.2. The summed E-state index contributed by atoms with van der Waals surface area (Å²) in [5.74, 6) is -1.57. The van der Waals surface area contributed by atoms with Crippen LogP contribution in [0.5, 0.6) is 0 Å². The summed E-state index contributed by atoms with van der Waals surface area (Å²) < 4.78 is 4.75. The van der Waals surface area contributed by atoms with E-state index in [-0.39, 0.29) is 12.2 Å². The number of hydrogen-bond acceptors (Lipinski definition) is 4. The predicted molar refractivity (Wildman–Crippen MR) is 101 cm³/mol. The normalized spacial score (nSPS) is 11.5. The molecule has 0 aliphatic heterocycles. The number of aliphatic hydroxyl groups excluding tert-OH is 1. The Hall–Kier alpha value is -3.58. The van der Waals surface area contributed by atoms with Gasteiger partial charge in [0.2, 0.25) is 5.76 Å². The van der Waals surface area contributed by atoms with E-state index >= 15 is 0 Å². The second-order valence-corrected chi connectivity index (χ2v) is 5.66. The fourth-order valence-electron chi connectivity index (χ4n) is 2.85. The molecule has 4 nitrogen and oxygen atoms in total. The molecular weight excluding hydrogens is 326 g/mol. The van der Waals surface area contributed by atoms with E-state index in [0.717, 1.165) is 21.9 Å². The molecule has 26 heavy (non-hydrogen) atoms. The zero-order valence-electron chi connectivity index (χ0n) is 14.3. The van der Waals surface area contributed by atoms with Gasteiger partial charge < -0.3 is 9.84 Å². The summed E-state index contributed by atoms with van der Waals surface area (Å²) in [4.78, 5) is 11.7. The van der Waals surface area contributed by atoms with Gasteiger partial charge in [0.1, 0.15) is 11.6 Å². The average Bonchev–Trinajstić information content (AvgIpc) is 2.69. The van der Waals surface area contributed by atoms with Crippen molar-refractivity contribution >= 4 is 22.3 Å². The van der Waals surface area contributed by atoms with Crippen LogP contribution in [0.2, 0.25) is 0 Å². The fraction of sp³-hybridized carbons (Fsp3) is 0.0909. The molecular formula is C22H17NO3. The van der Waals surface area contributed by atoms with Crippen LogP contribution in [0.1, 0.15) is 12.5 Å². The molecule has 3 aromatic rings. The Kier molecular flexibility index (Phi) is 5.00. The number of benzene rings is 3. The molecule has 0 unspecified atom stereocenters. The minimum Gasteiger partial charge on any atom is -0.501 e. The molecule has 0 atom stereocenters. The number of carbonyl (C=O) groups is 1. The first-order chi connectivity index (χ1) is 12.7. The predicted octanol–water partition coefficient (Wildman–Crippen LogP) is 4.86. The third kappa shape index (κ3) is 3.28. The van der Waals surface area contributed by atoms with Crippen LogP contribution in [-0.2, 0) is 9.53 Å². The number of fused-ring (bicyclic) bond motifs is 1. The molecule has 0 aliphatic carbocycles. The molecule has 0 spiro atoms. The lowest BCUT2D eigenvalue weighted by Gasteiger charge is -2.08. The summed E-state index contributed by atoms with van der Waals surface area (Å²) in [7, 11) is 0.